The standard InChI is InChI=1S/C24H34FNO4/c1-2-26-13-9-19(10-14-26)17-23(28)30-18-24(11-15-29-16-12-24)22(27)8-7-20-5-3-4-6-21(20)25/h3-6,19H,2,7-18H2,1H3. The average molecular weight is 420 g/mol. The van der Waals surface area contributed by atoms with Crippen LogP contribution in [0.3, 0.4) is 0 Å². The number of rotatable bonds is 9. The molecule has 2 saturated heterocycles. The minimum atomic E-state index is -0.704. The zero-order valence-corrected chi connectivity index (χ0v) is 18.0. The number of hydrogen-bond acceptors (Lipinski definition) is 5. The van der Waals surface area contributed by atoms with Crippen LogP contribution in [0.4, 0.5) is 4.39 Å². The summed E-state index contributed by atoms with van der Waals surface area (Å²) in [5, 5.41) is 0. The maximum absolute atomic E-state index is 13.9. The summed E-state index contributed by atoms with van der Waals surface area (Å²) in [5.41, 5.74) is -0.159. The Morgan fingerprint density at radius 2 is 1.90 bits per heavy atom. The Labute approximate surface area is 178 Å². The van der Waals surface area contributed by atoms with E-state index in [1.165, 1.54) is 6.07 Å². The monoisotopic (exact) mass is 419 g/mol. The summed E-state index contributed by atoms with van der Waals surface area (Å²) < 4.78 is 25.0. The zero-order valence-electron chi connectivity index (χ0n) is 18.0. The summed E-state index contributed by atoms with van der Waals surface area (Å²) in [5.74, 6) is -0.0922. The Kier molecular flexibility index (Phi) is 8.40. The second-order valence-corrected chi connectivity index (χ2v) is 8.65. The van der Waals surface area contributed by atoms with Gasteiger partial charge in [-0.2, -0.15) is 0 Å². The molecule has 0 spiro atoms. The number of piperidine rings is 1. The third-order valence-corrected chi connectivity index (χ3v) is 6.74. The first kappa shape index (κ1) is 22.9. The van der Waals surface area contributed by atoms with E-state index in [4.69, 9.17) is 9.47 Å². The van der Waals surface area contributed by atoms with Gasteiger partial charge in [0, 0.05) is 26.1 Å². The summed E-state index contributed by atoms with van der Waals surface area (Å²) >= 11 is 0. The first-order valence-corrected chi connectivity index (χ1v) is 11.2. The number of nitrogens with zero attached hydrogens (tertiary/aromatic N) is 1. The van der Waals surface area contributed by atoms with Gasteiger partial charge < -0.3 is 14.4 Å². The molecule has 0 bridgehead atoms. The lowest BCUT2D eigenvalue weighted by Gasteiger charge is -2.35. The van der Waals surface area contributed by atoms with E-state index in [1.807, 2.05) is 0 Å². The van der Waals surface area contributed by atoms with E-state index < -0.39 is 5.41 Å². The molecule has 2 aliphatic heterocycles. The predicted molar refractivity (Wildman–Crippen MR) is 113 cm³/mol. The molecule has 0 saturated carbocycles. The number of likely N-dealkylation sites (tertiary alicyclic amines) is 1. The maximum atomic E-state index is 13.9. The summed E-state index contributed by atoms with van der Waals surface area (Å²) in [6, 6.07) is 6.55. The summed E-state index contributed by atoms with van der Waals surface area (Å²) in [6.45, 7) is 6.35. The third kappa shape index (κ3) is 6.11. The quantitative estimate of drug-likeness (QED) is 0.570. The topological polar surface area (TPSA) is 55.8 Å². The van der Waals surface area contributed by atoms with Crippen LogP contribution in [0.25, 0.3) is 0 Å². The Morgan fingerprint density at radius 3 is 2.57 bits per heavy atom. The number of halogens is 1. The molecule has 0 unspecified atom stereocenters. The fourth-order valence-electron chi connectivity index (χ4n) is 4.50. The van der Waals surface area contributed by atoms with Crippen LogP contribution in [-0.2, 0) is 25.5 Å². The molecule has 2 aliphatic rings. The SMILES string of the molecule is CCN1CCC(CC(=O)OCC2(C(=O)CCc3ccccc3F)CCOCC2)CC1. The highest BCUT2D eigenvalue weighted by Crippen LogP contribution is 2.34. The number of ether oxygens (including phenoxy) is 2. The first-order chi connectivity index (χ1) is 14.5. The van der Waals surface area contributed by atoms with Crippen LogP contribution >= 0.6 is 0 Å². The minimum absolute atomic E-state index is 0.0399. The van der Waals surface area contributed by atoms with E-state index in [9.17, 15) is 14.0 Å². The molecule has 2 heterocycles. The Bertz CT molecular complexity index is 709. The van der Waals surface area contributed by atoms with Crippen molar-refractivity contribution in [3.8, 4) is 0 Å². The van der Waals surface area contributed by atoms with Crippen molar-refractivity contribution >= 4 is 11.8 Å². The van der Waals surface area contributed by atoms with Crippen molar-refractivity contribution < 1.29 is 23.5 Å². The smallest absolute Gasteiger partial charge is 0.306 e. The zero-order chi connectivity index (χ0) is 21.4. The van der Waals surface area contributed by atoms with E-state index in [0.717, 1.165) is 32.5 Å². The highest BCUT2D eigenvalue weighted by Gasteiger charge is 2.40. The second-order valence-electron chi connectivity index (χ2n) is 8.65. The molecule has 5 nitrogen and oxygen atoms in total. The Morgan fingerprint density at radius 1 is 1.20 bits per heavy atom. The van der Waals surface area contributed by atoms with Crippen LogP contribution in [0.2, 0.25) is 0 Å². The number of benzene rings is 1. The molecular formula is C24H34FNO4. The van der Waals surface area contributed by atoms with Gasteiger partial charge in [0.05, 0.1) is 5.41 Å². The normalized spacial score (nSPS) is 20.1. The molecule has 166 valence electrons. The molecule has 0 aliphatic carbocycles. The van der Waals surface area contributed by atoms with Crippen molar-refractivity contribution in [1.82, 2.24) is 4.90 Å². The second kappa shape index (κ2) is 11.0. The Balaban J connectivity index is 1.52. The molecule has 3 rings (SSSR count). The molecule has 0 radical (unpaired) electrons. The molecule has 6 heteroatoms. The van der Waals surface area contributed by atoms with Crippen LogP contribution in [0.15, 0.2) is 24.3 Å². The van der Waals surface area contributed by atoms with E-state index in [-0.39, 0.29) is 30.6 Å². The number of carbonyl (C=O) groups excluding carboxylic acids is 2. The Hall–Kier alpha value is -1.79. The molecule has 1 aromatic carbocycles. The fourth-order valence-corrected chi connectivity index (χ4v) is 4.50. The van der Waals surface area contributed by atoms with Crippen molar-refractivity contribution in [3.63, 3.8) is 0 Å². The van der Waals surface area contributed by atoms with Gasteiger partial charge in [0.15, 0.2) is 0 Å². The van der Waals surface area contributed by atoms with Gasteiger partial charge >= 0.3 is 5.97 Å². The van der Waals surface area contributed by atoms with Gasteiger partial charge in [0.1, 0.15) is 18.2 Å². The van der Waals surface area contributed by atoms with Gasteiger partial charge in [0.2, 0.25) is 0 Å². The molecule has 1 aromatic rings. The molecule has 0 amide bonds. The molecule has 0 N–H and O–H groups in total. The lowest BCUT2D eigenvalue weighted by Crippen LogP contribution is -2.42. The van der Waals surface area contributed by atoms with Gasteiger partial charge in [0.25, 0.3) is 0 Å². The van der Waals surface area contributed by atoms with Gasteiger partial charge in [-0.05, 0) is 69.3 Å². The van der Waals surface area contributed by atoms with Gasteiger partial charge in [-0.3, -0.25) is 9.59 Å². The molecular weight excluding hydrogens is 385 g/mol. The van der Waals surface area contributed by atoms with Crippen LogP contribution < -0.4 is 0 Å². The van der Waals surface area contributed by atoms with Crippen LogP contribution in [0.5, 0.6) is 0 Å². The number of hydrogen-bond donors (Lipinski definition) is 0. The maximum Gasteiger partial charge on any atom is 0.306 e. The van der Waals surface area contributed by atoms with Gasteiger partial charge in [-0.15, -0.1) is 0 Å². The molecule has 2 fully saturated rings. The summed E-state index contributed by atoms with van der Waals surface area (Å²) in [4.78, 5) is 28.0. The average Bonchev–Trinajstić information content (AvgIpc) is 2.78. The van der Waals surface area contributed by atoms with Crippen molar-refractivity contribution in [2.45, 2.75) is 51.9 Å². The van der Waals surface area contributed by atoms with Crippen molar-refractivity contribution in [2.24, 2.45) is 11.3 Å². The predicted octanol–water partition coefficient (Wildman–Crippen LogP) is 3.79. The van der Waals surface area contributed by atoms with Crippen molar-refractivity contribution in [2.75, 3.05) is 39.5 Å². The fraction of sp³-hybridized carbons (Fsp3) is 0.667. The number of esters is 1. The number of Topliss-reactive ketones (excluding diaryl/α,β-unsaturated/α-hetero) is 1. The van der Waals surface area contributed by atoms with Crippen molar-refractivity contribution in [1.29, 1.82) is 0 Å². The van der Waals surface area contributed by atoms with Crippen LogP contribution in [-0.4, -0.2) is 56.1 Å². The van der Waals surface area contributed by atoms with Gasteiger partial charge in [-0.25, -0.2) is 4.39 Å². The van der Waals surface area contributed by atoms with Crippen LogP contribution in [0, 0.1) is 17.2 Å². The minimum Gasteiger partial charge on any atom is -0.465 e. The lowest BCUT2D eigenvalue weighted by molar-refractivity contribution is -0.155. The van der Waals surface area contributed by atoms with E-state index >= 15 is 0 Å². The molecule has 30 heavy (non-hydrogen) atoms. The number of aryl methyl sites for hydroxylation is 1. The van der Waals surface area contributed by atoms with Crippen molar-refractivity contribution in [3.05, 3.63) is 35.6 Å². The summed E-state index contributed by atoms with van der Waals surface area (Å²) in [7, 11) is 0. The van der Waals surface area contributed by atoms with E-state index in [0.29, 0.717) is 50.4 Å². The van der Waals surface area contributed by atoms with E-state index in [1.54, 1.807) is 18.2 Å². The van der Waals surface area contributed by atoms with E-state index in [2.05, 4.69) is 11.8 Å². The highest BCUT2D eigenvalue weighted by molar-refractivity contribution is 5.85. The van der Waals surface area contributed by atoms with Gasteiger partial charge in [-0.1, -0.05) is 25.1 Å². The molecule has 0 aromatic heterocycles. The third-order valence-electron chi connectivity index (χ3n) is 6.74. The number of ketones is 1. The first-order valence-electron chi connectivity index (χ1n) is 11.2. The lowest BCUT2D eigenvalue weighted by atomic mass is 9.75. The summed E-state index contributed by atoms with van der Waals surface area (Å²) in [6.07, 6.45) is 4.16. The number of carbonyl (C=O) groups is 2. The largest absolute Gasteiger partial charge is 0.465 e. The van der Waals surface area contributed by atoms with Crippen LogP contribution in [0.1, 0.15) is 51.0 Å². The highest BCUT2D eigenvalue weighted by atomic mass is 19.1. The molecule has 0 atom stereocenters.